The van der Waals surface area contributed by atoms with Gasteiger partial charge >= 0.3 is 0 Å². The highest BCUT2D eigenvalue weighted by molar-refractivity contribution is 5.79. The average Bonchev–Trinajstić information content (AvgIpc) is 3.64. The largest absolute Gasteiger partial charge is 0.493 e. The molecule has 31 heavy (non-hydrogen) atoms. The van der Waals surface area contributed by atoms with Gasteiger partial charge in [0.25, 0.3) is 0 Å². The first-order chi connectivity index (χ1) is 15.2. The van der Waals surface area contributed by atoms with Crippen molar-refractivity contribution in [3.05, 3.63) is 23.8 Å². The Morgan fingerprint density at radius 3 is 2.61 bits per heavy atom. The summed E-state index contributed by atoms with van der Waals surface area (Å²) in [6, 6.07) is 6.32. The number of aliphatic imine (C=N–C) groups is 1. The average molecular weight is 435 g/mol. The summed E-state index contributed by atoms with van der Waals surface area (Å²) in [6.45, 7) is 6.43. The third-order valence-corrected chi connectivity index (χ3v) is 5.93. The molecule has 1 heterocycles. The van der Waals surface area contributed by atoms with Gasteiger partial charge in [0.1, 0.15) is 0 Å². The molecule has 1 aliphatic carbocycles. The number of rotatable bonds is 11. The van der Waals surface area contributed by atoms with Gasteiger partial charge in [0.15, 0.2) is 17.5 Å². The molecular formula is C23H38N4O4. The molecule has 1 saturated carbocycles. The van der Waals surface area contributed by atoms with Gasteiger partial charge in [0.2, 0.25) is 0 Å². The third-order valence-electron chi connectivity index (χ3n) is 5.93. The Morgan fingerprint density at radius 1 is 1.23 bits per heavy atom. The van der Waals surface area contributed by atoms with Crippen LogP contribution in [0.25, 0.3) is 0 Å². The van der Waals surface area contributed by atoms with Crippen molar-refractivity contribution < 1.29 is 18.9 Å². The number of likely N-dealkylation sites (N-methyl/N-ethyl adjacent to an activating group) is 1. The summed E-state index contributed by atoms with van der Waals surface area (Å²) in [7, 11) is 7.21. The summed E-state index contributed by atoms with van der Waals surface area (Å²) < 4.78 is 22.3. The first kappa shape index (κ1) is 23.6. The molecule has 8 heteroatoms. The van der Waals surface area contributed by atoms with Crippen LogP contribution in [-0.2, 0) is 9.47 Å². The Labute approximate surface area is 186 Å². The van der Waals surface area contributed by atoms with E-state index in [1.807, 2.05) is 13.1 Å². The van der Waals surface area contributed by atoms with Gasteiger partial charge in [0.05, 0.1) is 40.1 Å². The molecule has 2 aliphatic rings. The highest BCUT2D eigenvalue weighted by Crippen LogP contribution is 2.32. The van der Waals surface area contributed by atoms with Crippen LogP contribution in [0.15, 0.2) is 23.2 Å². The number of hydrogen-bond acceptors (Lipinski definition) is 6. The molecule has 8 nitrogen and oxygen atoms in total. The number of benzene rings is 1. The molecule has 2 fully saturated rings. The predicted molar refractivity (Wildman–Crippen MR) is 122 cm³/mol. The second-order valence-corrected chi connectivity index (χ2v) is 8.15. The minimum absolute atomic E-state index is 0.167. The molecular weight excluding hydrogens is 396 g/mol. The van der Waals surface area contributed by atoms with Gasteiger partial charge in [-0.2, -0.15) is 0 Å². The second kappa shape index (κ2) is 12.1. The van der Waals surface area contributed by atoms with E-state index in [1.54, 1.807) is 14.2 Å². The van der Waals surface area contributed by atoms with Crippen LogP contribution in [0.4, 0.5) is 0 Å². The van der Waals surface area contributed by atoms with Crippen molar-refractivity contribution >= 4 is 5.96 Å². The smallest absolute Gasteiger partial charge is 0.193 e. The normalized spacial score (nSPS) is 18.5. The van der Waals surface area contributed by atoms with E-state index in [-0.39, 0.29) is 6.04 Å². The van der Waals surface area contributed by atoms with Crippen molar-refractivity contribution in [3.8, 4) is 11.5 Å². The van der Waals surface area contributed by atoms with E-state index in [4.69, 9.17) is 18.9 Å². The quantitative estimate of drug-likeness (QED) is 0.325. The maximum Gasteiger partial charge on any atom is 0.193 e. The Hall–Kier alpha value is -2.03. The maximum absolute atomic E-state index is 5.79. The van der Waals surface area contributed by atoms with Crippen LogP contribution in [0.5, 0.6) is 11.5 Å². The molecule has 1 atom stereocenters. The fraction of sp³-hybridized carbons (Fsp3) is 0.696. The zero-order valence-electron chi connectivity index (χ0n) is 19.4. The molecule has 1 aromatic carbocycles. The van der Waals surface area contributed by atoms with Gasteiger partial charge in [-0.15, -0.1) is 0 Å². The molecule has 174 valence electrons. The van der Waals surface area contributed by atoms with E-state index in [1.165, 1.54) is 18.4 Å². The monoisotopic (exact) mass is 434 g/mol. The first-order valence-corrected chi connectivity index (χ1v) is 11.2. The number of nitrogens with one attached hydrogen (secondary N) is 1. The van der Waals surface area contributed by atoms with E-state index in [9.17, 15) is 0 Å². The van der Waals surface area contributed by atoms with Gasteiger partial charge in [-0.3, -0.25) is 9.89 Å². The molecule has 1 aromatic rings. The van der Waals surface area contributed by atoms with Crippen molar-refractivity contribution in [3.63, 3.8) is 0 Å². The Balaban J connectivity index is 1.63. The van der Waals surface area contributed by atoms with Gasteiger partial charge in [0, 0.05) is 46.9 Å². The highest BCUT2D eigenvalue weighted by Gasteiger charge is 2.25. The van der Waals surface area contributed by atoms with Crippen molar-refractivity contribution in [1.82, 2.24) is 15.1 Å². The van der Waals surface area contributed by atoms with E-state index >= 15 is 0 Å². The highest BCUT2D eigenvalue weighted by atomic mass is 16.5. The maximum atomic E-state index is 5.79. The summed E-state index contributed by atoms with van der Waals surface area (Å²) in [5.41, 5.74) is 1.18. The van der Waals surface area contributed by atoms with E-state index in [0.717, 1.165) is 76.0 Å². The predicted octanol–water partition coefficient (Wildman–Crippen LogP) is 2.01. The van der Waals surface area contributed by atoms with Crippen molar-refractivity contribution in [2.45, 2.75) is 18.9 Å². The molecule has 0 bridgehead atoms. The Morgan fingerprint density at radius 2 is 1.97 bits per heavy atom. The van der Waals surface area contributed by atoms with Crippen molar-refractivity contribution in [2.24, 2.45) is 10.9 Å². The summed E-state index contributed by atoms with van der Waals surface area (Å²) in [4.78, 5) is 9.05. The number of guanidine groups is 1. The zero-order valence-corrected chi connectivity index (χ0v) is 19.4. The van der Waals surface area contributed by atoms with Crippen LogP contribution in [0.2, 0.25) is 0 Å². The second-order valence-electron chi connectivity index (χ2n) is 8.15. The molecule has 1 aliphatic heterocycles. The summed E-state index contributed by atoms with van der Waals surface area (Å²) in [6.07, 6.45) is 2.64. The van der Waals surface area contributed by atoms with Crippen LogP contribution in [-0.4, -0.2) is 96.7 Å². The number of morpholine rings is 1. The molecule has 0 aromatic heterocycles. The van der Waals surface area contributed by atoms with Gasteiger partial charge < -0.3 is 29.2 Å². The molecule has 1 N–H and O–H groups in total. The number of methoxy groups -OCH3 is 2. The molecule has 1 unspecified atom stereocenters. The van der Waals surface area contributed by atoms with Crippen LogP contribution < -0.4 is 14.8 Å². The summed E-state index contributed by atoms with van der Waals surface area (Å²) in [5.74, 6) is 3.14. The van der Waals surface area contributed by atoms with Crippen LogP contribution in [0.1, 0.15) is 24.4 Å². The van der Waals surface area contributed by atoms with Crippen molar-refractivity contribution in [1.29, 1.82) is 0 Å². The minimum atomic E-state index is 0.167. The zero-order chi connectivity index (χ0) is 22.1. The fourth-order valence-corrected chi connectivity index (χ4v) is 3.82. The van der Waals surface area contributed by atoms with Gasteiger partial charge in [-0.25, -0.2) is 0 Å². The topological polar surface area (TPSA) is 67.8 Å². The van der Waals surface area contributed by atoms with Gasteiger partial charge in [-0.05, 0) is 36.5 Å². The number of nitrogens with zero attached hydrogens (tertiary/aromatic N) is 3. The van der Waals surface area contributed by atoms with Crippen LogP contribution in [0.3, 0.4) is 0 Å². The van der Waals surface area contributed by atoms with Gasteiger partial charge in [-0.1, -0.05) is 6.07 Å². The number of ether oxygens (including phenoxy) is 4. The lowest BCUT2D eigenvalue weighted by Gasteiger charge is -2.36. The Kier molecular flexibility index (Phi) is 9.24. The summed E-state index contributed by atoms with van der Waals surface area (Å²) in [5, 5.41) is 3.56. The fourth-order valence-electron chi connectivity index (χ4n) is 3.82. The summed E-state index contributed by atoms with van der Waals surface area (Å²) >= 11 is 0. The van der Waals surface area contributed by atoms with E-state index in [0.29, 0.717) is 0 Å². The van der Waals surface area contributed by atoms with Crippen molar-refractivity contribution in [2.75, 3.05) is 80.9 Å². The molecule has 0 radical (unpaired) electrons. The molecule has 0 amide bonds. The Bertz CT molecular complexity index is 705. The number of hydrogen-bond donors (Lipinski definition) is 1. The van der Waals surface area contributed by atoms with E-state index < -0.39 is 0 Å². The third kappa shape index (κ3) is 6.98. The SMILES string of the molecule is CN=C(NCC(c1ccc(OC)c(OC)c1)N1CCOCC1)N(C)CCOCC1CC1. The first-order valence-electron chi connectivity index (χ1n) is 11.2. The standard InChI is InChI=1S/C23H38N4O4/c1-24-23(26(2)9-12-31-17-18-5-6-18)25-16-20(27-10-13-30-14-11-27)19-7-8-21(28-3)22(15-19)29-4/h7-8,15,18,20H,5-6,9-14,16-17H2,1-4H3,(H,24,25). The lowest BCUT2D eigenvalue weighted by atomic mass is 10.0. The molecule has 1 saturated heterocycles. The van der Waals surface area contributed by atoms with Crippen LogP contribution in [0, 0.1) is 5.92 Å². The molecule has 3 rings (SSSR count). The molecule has 0 spiro atoms. The lowest BCUT2D eigenvalue weighted by Crippen LogP contribution is -2.47. The van der Waals surface area contributed by atoms with Crippen LogP contribution >= 0.6 is 0 Å². The van der Waals surface area contributed by atoms with E-state index in [2.05, 4.69) is 39.3 Å². The lowest BCUT2D eigenvalue weighted by molar-refractivity contribution is 0.0168. The minimum Gasteiger partial charge on any atom is -0.493 e.